The van der Waals surface area contributed by atoms with Crippen molar-refractivity contribution >= 4 is 23.0 Å². The van der Waals surface area contributed by atoms with Crippen LogP contribution in [0.15, 0.2) is 42.5 Å². The highest BCUT2D eigenvalue weighted by atomic mass is 16.6. The van der Waals surface area contributed by atoms with Gasteiger partial charge in [-0.15, -0.1) is 0 Å². The van der Waals surface area contributed by atoms with E-state index in [9.17, 15) is 25.0 Å². The van der Waals surface area contributed by atoms with Crippen molar-refractivity contribution in [2.24, 2.45) is 0 Å². The molecule has 0 saturated carbocycles. The zero-order chi connectivity index (χ0) is 21.7. The largest absolute Gasteiger partial charge is 0.496 e. The number of anilines is 1. The molecule has 30 heavy (non-hydrogen) atoms. The van der Waals surface area contributed by atoms with Gasteiger partial charge in [0.1, 0.15) is 11.4 Å². The number of benzene rings is 2. The van der Waals surface area contributed by atoms with Gasteiger partial charge in [-0.25, -0.2) is 0 Å². The minimum absolute atomic E-state index is 0.0309. The van der Waals surface area contributed by atoms with Crippen LogP contribution in [0, 0.1) is 20.2 Å². The van der Waals surface area contributed by atoms with Crippen LogP contribution in [0.2, 0.25) is 0 Å². The number of hydrogen-bond acceptors (Lipinski definition) is 8. The van der Waals surface area contributed by atoms with Gasteiger partial charge in [0.15, 0.2) is 12.4 Å². The van der Waals surface area contributed by atoms with Gasteiger partial charge in [-0.3, -0.25) is 25.0 Å². The lowest BCUT2D eigenvalue weighted by Gasteiger charge is -2.35. The third-order valence-corrected chi connectivity index (χ3v) is 4.77. The highest BCUT2D eigenvalue weighted by Gasteiger charge is 2.27. The van der Waals surface area contributed by atoms with Crippen molar-refractivity contribution in [3.8, 4) is 11.5 Å². The Hall–Kier alpha value is -3.89. The van der Waals surface area contributed by atoms with Gasteiger partial charge in [0.2, 0.25) is 0 Å². The maximum absolute atomic E-state index is 12.4. The van der Waals surface area contributed by atoms with Crippen LogP contribution in [0.5, 0.6) is 11.5 Å². The Morgan fingerprint density at radius 3 is 2.30 bits per heavy atom. The number of carbonyl (C=O) groups is 1. The molecule has 11 nitrogen and oxygen atoms in total. The Balaban J connectivity index is 1.60. The Kier molecular flexibility index (Phi) is 6.30. The van der Waals surface area contributed by atoms with Crippen LogP contribution in [0.4, 0.5) is 17.1 Å². The molecule has 3 rings (SSSR count). The average Bonchev–Trinajstić information content (AvgIpc) is 2.77. The second kappa shape index (κ2) is 9.07. The average molecular weight is 416 g/mol. The van der Waals surface area contributed by atoms with E-state index in [0.29, 0.717) is 37.6 Å². The number of piperazine rings is 1. The first-order valence-electron chi connectivity index (χ1n) is 9.12. The molecule has 0 N–H and O–H groups in total. The van der Waals surface area contributed by atoms with Crippen molar-refractivity contribution in [3.05, 3.63) is 62.7 Å². The van der Waals surface area contributed by atoms with Gasteiger partial charge in [-0.2, -0.15) is 0 Å². The molecular weight excluding hydrogens is 396 g/mol. The molecule has 0 unspecified atom stereocenters. The van der Waals surface area contributed by atoms with Crippen molar-refractivity contribution < 1.29 is 24.1 Å². The number of carbonyl (C=O) groups excluding carboxylic acids is 1. The quantitative estimate of drug-likeness (QED) is 0.496. The Morgan fingerprint density at radius 1 is 1.00 bits per heavy atom. The highest BCUT2D eigenvalue weighted by Crippen LogP contribution is 2.32. The molecule has 0 spiro atoms. The Morgan fingerprint density at radius 2 is 1.67 bits per heavy atom. The van der Waals surface area contributed by atoms with E-state index < -0.39 is 9.85 Å². The number of rotatable bonds is 7. The van der Waals surface area contributed by atoms with Crippen molar-refractivity contribution in [2.45, 2.75) is 0 Å². The topological polar surface area (TPSA) is 128 Å². The van der Waals surface area contributed by atoms with Crippen LogP contribution in [0.1, 0.15) is 0 Å². The second-order valence-corrected chi connectivity index (χ2v) is 6.49. The first-order chi connectivity index (χ1) is 14.4. The molecule has 0 aromatic heterocycles. The smallest absolute Gasteiger partial charge is 0.310 e. The SMILES string of the molecule is COc1ccc(N2CCN(C(=O)COc3ccccc3[N+](=O)[O-])CC2)c([N+](=O)[O-])c1. The summed E-state index contributed by atoms with van der Waals surface area (Å²) in [6.07, 6.45) is 0. The summed E-state index contributed by atoms with van der Waals surface area (Å²) in [5, 5.41) is 22.4. The fourth-order valence-electron chi connectivity index (χ4n) is 3.20. The Labute approximate surface area is 171 Å². The fourth-order valence-corrected chi connectivity index (χ4v) is 3.20. The normalized spacial score (nSPS) is 13.6. The minimum atomic E-state index is -0.569. The summed E-state index contributed by atoms with van der Waals surface area (Å²) in [5.41, 5.74) is 0.194. The number of nitro groups is 2. The summed E-state index contributed by atoms with van der Waals surface area (Å²) in [4.78, 5) is 37.2. The van der Waals surface area contributed by atoms with E-state index in [1.807, 2.05) is 4.90 Å². The molecule has 1 saturated heterocycles. The van der Waals surface area contributed by atoms with E-state index in [1.165, 1.54) is 31.4 Å². The van der Waals surface area contributed by atoms with Crippen LogP contribution in [-0.4, -0.2) is 60.5 Å². The van der Waals surface area contributed by atoms with E-state index in [4.69, 9.17) is 9.47 Å². The van der Waals surface area contributed by atoms with Crippen molar-refractivity contribution in [2.75, 3.05) is 44.8 Å². The lowest BCUT2D eigenvalue weighted by atomic mass is 10.2. The van der Waals surface area contributed by atoms with Crippen molar-refractivity contribution in [1.82, 2.24) is 4.90 Å². The highest BCUT2D eigenvalue weighted by molar-refractivity contribution is 5.78. The monoisotopic (exact) mass is 416 g/mol. The molecule has 158 valence electrons. The molecule has 2 aromatic rings. The first-order valence-corrected chi connectivity index (χ1v) is 9.12. The van der Waals surface area contributed by atoms with Gasteiger partial charge < -0.3 is 19.3 Å². The van der Waals surface area contributed by atoms with Crippen molar-refractivity contribution in [3.63, 3.8) is 0 Å². The number of amides is 1. The van der Waals surface area contributed by atoms with E-state index >= 15 is 0 Å². The van der Waals surface area contributed by atoms with Crippen LogP contribution < -0.4 is 14.4 Å². The zero-order valence-electron chi connectivity index (χ0n) is 16.2. The van der Waals surface area contributed by atoms with E-state index in [0.717, 1.165) is 0 Å². The molecule has 11 heteroatoms. The molecule has 1 amide bonds. The van der Waals surface area contributed by atoms with E-state index in [2.05, 4.69) is 0 Å². The van der Waals surface area contributed by atoms with Gasteiger partial charge >= 0.3 is 5.69 Å². The summed E-state index contributed by atoms with van der Waals surface area (Å²) in [5.74, 6) is 0.117. The van der Waals surface area contributed by atoms with Crippen molar-refractivity contribution in [1.29, 1.82) is 0 Å². The number of nitro benzene ring substituents is 2. The van der Waals surface area contributed by atoms with Gasteiger partial charge in [0, 0.05) is 32.2 Å². The summed E-state index contributed by atoms with van der Waals surface area (Å²) in [6, 6.07) is 10.5. The number of nitrogens with zero attached hydrogens (tertiary/aromatic N) is 4. The molecule has 0 radical (unpaired) electrons. The molecule has 0 atom stereocenters. The maximum Gasteiger partial charge on any atom is 0.310 e. The summed E-state index contributed by atoms with van der Waals surface area (Å²) in [7, 11) is 1.44. The van der Waals surface area contributed by atoms with Crippen LogP contribution in [0.25, 0.3) is 0 Å². The van der Waals surface area contributed by atoms with Crippen LogP contribution in [-0.2, 0) is 4.79 Å². The van der Waals surface area contributed by atoms with E-state index in [-0.39, 0.29) is 29.6 Å². The summed E-state index contributed by atoms with van der Waals surface area (Å²) < 4.78 is 10.4. The zero-order valence-corrected chi connectivity index (χ0v) is 16.2. The lowest BCUT2D eigenvalue weighted by Crippen LogP contribution is -2.50. The molecule has 1 fully saturated rings. The Bertz CT molecular complexity index is 958. The maximum atomic E-state index is 12.4. The number of para-hydroxylation sites is 2. The molecule has 0 bridgehead atoms. The minimum Gasteiger partial charge on any atom is -0.496 e. The molecule has 1 aliphatic heterocycles. The molecule has 1 heterocycles. The number of methoxy groups -OCH3 is 1. The molecule has 2 aromatic carbocycles. The number of ether oxygens (including phenoxy) is 2. The van der Waals surface area contributed by atoms with E-state index in [1.54, 1.807) is 23.1 Å². The van der Waals surface area contributed by atoms with Gasteiger partial charge in [0.25, 0.3) is 11.6 Å². The van der Waals surface area contributed by atoms with Gasteiger partial charge in [-0.1, -0.05) is 12.1 Å². The van der Waals surface area contributed by atoms with Gasteiger partial charge in [-0.05, 0) is 18.2 Å². The third kappa shape index (κ3) is 4.57. The molecule has 1 aliphatic rings. The van der Waals surface area contributed by atoms with Crippen LogP contribution in [0.3, 0.4) is 0 Å². The second-order valence-electron chi connectivity index (χ2n) is 6.49. The third-order valence-electron chi connectivity index (χ3n) is 4.77. The summed E-state index contributed by atoms with van der Waals surface area (Å²) in [6.45, 7) is 1.19. The molecule has 0 aliphatic carbocycles. The predicted octanol–water partition coefficient (Wildman–Crippen LogP) is 2.24. The van der Waals surface area contributed by atoms with Gasteiger partial charge in [0.05, 0.1) is 23.0 Å². The summed E-state index contributed by atoms with van der Waals surface area (Å²) >= 11 is 0. The number of hydrogen-bond donors (Lipinski definition) is 0. The van der Waals surface area contributed by atoms with Crippen LogP contribution >= 0.6 is 0 Å². The fraction of sp³-hybridized carbons (Fsp3) is 0.316. The standard InChI is InChI=1S/C19H20N4O7/c1-29-14-6-7-15(17(12-14)23(27)28)20-8-10-21(11-9-20)19(24)13-30-18-5-3-2-4-16(18)22(25)26/h2-7,12H,8-11,13H2,1H3. The molecular formula is C19H20N4O7. The first kappa shape index (κ1) is 20.8. The predicted molar refractivity (Wildman–Crippen MR) is 107 cm³/mol. The lowest BCUT2D eigenvalue weighted by molar-refractivity contribution is -0.385.